The van der Waals surface area contributed by atoms with Gasteiger partial charge in [-0.3, -0.25) is 28.5 Å². The van der Waals surface area contributed by atoms with Crippen molar-refractivity contribution in [3.63, 3.8) is 0 Å². The van der Waals surface area contributed by atoms with Crippen molar-refractivity contribution in [2.24, 2.45) is 5.92 Å². The number of carbonyl (C=O) groups excluding carboxylic acids is 4. The largest absolute Gasteiger partial charge is 0.514 e. The van der Waals surface area contributed by atoms with Crippen molar-refractivity contribution < 1.29 is 38.1 Å². The topological polar surface area (TPSA) is 181 Å². The first-order chi connectivity index (χ1) is 34.0. The van der Waals surface area contributed by atoms with E-state index in [0.29, 0.717) is 13.1 Å². The zero-order valence-electron chi connectivity index (χ0n) is 41.2. The van der Waals surface area contributed by atoms with E-state index in [0.717, 1.165) is 34.6 Å². The molecular formula is C55H60N6O10. The van der Waals surface area contributed by atoms with Crippen molar-refractivity contribution in [2.75, 3.05) is 19.7 Å². The minimum atomic E-state index is -1.04. The van der Waals surface area contributed by atoms with Crippen LogP contribution in [0.15, 0.2) is 143 Å². The van der Waals surface area contributed by atoms with E-state index in [1.165, 1.54) is 4.68 Å². The van der Waals surface area contributed by atoms with Crippen molar-refractivity contribution >= 4 is 24.1 Å². The molecule has 0 bridgehead atoms. The highest BCUT2D eigenvalue weighted by Crippen LogP contribution is 2.42. The molecule has 370 valence electrons. The normalized spacial score (nSPS) is 15.4. The van der Waals surface area contributed by atoms with Gasteiger partial charge in [-0.15, -0.1) is 0 Å². The Bertz CT molecular complexity index is 2850. The van der Waals surface area contributed by atoms with Crippen LogP contribution in [0.2, 0.25) is 0 Å². The predicted octanol–water partition coefficient (Wildman–Crippen LogP) is 9.06. The van der Waals surface area contributed by atoms with Gasteiger partial charge < -0.3 is 28.7 Å². The van der Waals surface area contributed by atoms with Gasteiger partial charge in [-0.1, -0.05) is 135 Å². The molecule has 4 aromatic carbocycles. The molecule has 2 amide bonds. The monoisotopic (exact) mass is 964 g/mol. The fourth-order valence-corrected chi connectivity index (χ4v) is 8.94. The first-order valence-corrected chi connectivity index (χ1v) is 23.8. The number of aromatic nitrogens is 4. The van der Waals surface area contributed by atoms with E-state index in [1.807, 2.05) is 163 Å². The minimum Gasteiger partial charge on any atom is -0.434 e. The lowest BCUT2D eigenvalue weighted by Crippen LogP contribution is -2.50. The van der Waals surface area contributed by atoms with Crippen LogP contribution in [0.3, 0.4) is 0 Å². The number of hydrogen-bond acceptors (Lipinski definition) is 12. The van der Waals surface area contributed by atoms with Gasteiger partial charge in [0, 0.05) is 37.0 Å². The molecule has 2 aliphatic rings. The zero-order valence-corrected chi connectivity index (χ0v) is 41.2. The fourth-order valence-electron chi connectivity index (χ4n) is 8.94. The van der Waals surface area contributed by atoms with Crippen LogP contribution in [0.5, 0.6) is 11.5 Å². The summed E-state index contributed by atoms with van der Waals surface area (Å²) in [5, 5.41) is 8.75. The molecule has 2 unspecified atom stereocenters. The van der Waals surface area contributed by atoms with Crippen LogP contribution < -0.4 is 20.3 Å². The summed E-state index contributed by atoms with van der Waals surface area (Å²) in [5.41, 5.74) is 2.73. The van der Waals surface area contributed by atoms with Crippen molar-refractivity contribution in [3.8, 4) is 11.5 Å². The number of nitrogens with zero attached hydrogens (tertiary/aromatic N) is 6. The first-order valence-electron chi connectivity index (χ1n) is 23.8. The molecule has 16 heteroatoms. The predicted molar refractivity (Wildman–Crippen MR) is 266 cm³/mol. The molecular weight excluding hydrogens is 905 g/mol. The lowest BCUT2D eigenvalue weighted by Gasteiger charge is -2.41. The minimum absolute atomic E-state index is 0.0502. The summed E-state index contributed by atoms with van der Waals surface area (Å²) in [6.07, 6.45) is -0.338. The maximum atomic E-state index is 13.6. The summed E-state index contributed by atoms with van der Waals surface area (Å²) in [6, 6.07) is 38.8. The van der Waals surface area contributed by atoms with Gasteiger partial charge in [0.2, 0.25) is 22.4 Å². The molecule has 0 saturated heterocycles. The summed E-state index contributed by atoms with van der Waals surface area (Å²) in [6.45, 7) is 15.6. The smallest absolute Gasteiger partial charge is 0.434 e. The second-order valence-corrected chi connectivity index (χ2v) is 18.7. The molecule has 71 heavy (non-hydrogen) atoms. The summed E-state index contributed by atoms with van der Waals surface area (Å²) >= 11 is 0. The summed E-state index contributed by atoms with van der Waals surface area (Å²) in [4.78, 5) is 80.8. The second-order valence-electron chi connectivity index (χ2n) is 18.7. The molecule has 8 rings (SSSR count). The average Bonchev–Trinajstić information content (AvgIpc) is 3.35. The summed E-state index contributed by atoms with van der Waals surface area (Å²) < 4.78 is 23.9. The van der Waals surface area contributed by atoms with Crippen LogP contribution in [0.25, 0.3) is 0 Å². The van der Waals surface area contributed by atoms with Crippen LogP contribution in [-0.4, -0.2) is 91.4 Å². The number of hydrogen-bond donors (Lipinski definition) is 0. The van der Waals surface area contributed by atoms with Gasteiger partial charge in [-0.2, -0.15) is 10.2 Å². The van der Waals surface area contributed by atoms with E-state index < -0.39 is 41.1 Å². The van der Waals surface area contributed by atoms with Crippen LogP contribution >= 0.6 is 0 Å². The van der Waals surface area contributed by atoms with E-state index in [1.54, 1.807) is 28.3 Å². The highest BCUT2D eigenvalue weighted by molar-refractivity contribution is 5.97. The number of ether oxygens (including phenoxy) is 4. The quantitative estimate of drug-likeness (QED) is 0.100. The Kier molecular flexibility index (Phi) is 16.3. The second kappa shape index (κ2) is 22.7. The summed E-state index contributed by atoms with van der Waals surface area (Å²) in [5.74, 6) is -1.85. The number of fused-ring (bicyclic) bond motifs is 2. The van der Waals surface area contributed by atoms with Crippen LogP contribution in [0, 0.1) is 5.92 Å². The third-order valence-electron chi connectivity index (χ3n) is 12.1. The van der Waals surface area contributed by atoms with Crippen molar-refractivity contribution in [3.05, 3.63) is 188 Å². The Morgan fingerprint density at radius 2 is 0.859 bits per heavy atom. The van der Waals surface area contributed by atoms with Gasteiger partial charge in [-0.25, -0.2) is 9.59 Å². The molecule has 0 fully saturated rings. The SMILES string of the molecule is CC(C)COC(=O)Oc1c2n(ncc1=O)C(C(c1ccccc1)c1ccccc1)CN(C(C)C)C2=O.CC(C)OC(=O)Oc1c2n(ncc1=O)C(C(c1ccccc1)c1ccccc1)CN(C(C)C)C2=O. The fraction of sp³-hybridized carbons (Fsp3) is 0.345. The zero-order chi connectivity index (χ0) is 50.9. The Morgan fingerprint density at radius 1 is 0.521 bits per heavy atom. The van der Waals surface area contributed by atoms with Gasteiger partial charge in [0.05, 0.1) is 37.2 Å². The third kappa shape index (κ3) is 11.6. The Balaban J connectivity index is 0.000000209. The lowest BCUT2D eigenvalue weighted by molar-refractivity contribution is 0.0542. The molecule has 0 N–H and O–H groups in total. The van der Waals surface area contributed by atoms with Gasteiger partial charge in [0.15, 0.2) is 11.4 Å². The number of rotatable bonds is 13. The maximum absolute atomic E-state index is 13.6. The van der Waals surface area contributed by atoms with E-state index in [-0.39, 0.29) is 71.4 Å². The van der Waals surface area contributed by atoms with Crippen molar-refractivity contribution in [2.45, 2.75) is 97.5 Å². The molecule has 16 nitrogen and oxygen atoms in total. The molecule has 0 saturated carbocycles. The first kappa shape index (κ1) is 51.0. The van der Waals surface area contributed by atoms with E-state index in [4.69, 9.17) is 18.9 Å². The summed E-state index contributed by atoms with van der Waals surface area (Å²) in [7, 11) is 0. The molecule has 2 aliphatic heterocycles. The average molecular weight is 965 g/mol. The molecule has 0 radical (unpaired) electrons. The van der Waals surface area contributed by atoms with Crippen LogP contribution in [0.1, 0.15) is 123 Å². The Labute approximate surface area is 412 Å². The number of carbonyl (C=O) groups is 4. The molecule has 2 atom stereocenters. The van der Waals surface area contributed by atoms with E-state index in [2.05, 4.69) is 10.2 Å². The molecule has 6 aromatic rings. The Hall–Kier alpha value is -7.88. The third-order valence-corrected chi connectivity index (χ3v) is 12.1. The van der Waals surface area contributed by atoms with Crippen molar-refractivity contribution in [1.29, 1.82) is 0 Å². The highest BCUT2D eigenvalue weighted by Gasteiger charge is 2.43. The van der Waals surface area contributed by atoms with Crippen molar-refractivity contribution in [1.82, 2.24) is 29.4 Å². The lowest BCUT2D eigenvalue weighted by atomic mass is 9.83. The van der Waals surface area contributed by atoms with Gasteiger partial charge >= 0.3 is 12.3 Å². The highest BCUT2D eigenvalue weighted by atomic mass is 16.7. The molecule has 0 spiro atoms. The van der Waals surface area contributed by atoms with Crippen LogP contribution in [-0.2, 0) is 9.47 Å². The maximum Gasteiger partial charge on any atom is 0.514 e. The van der Waals surface area contributed by atoms with E-state index in [9.17, 15) is 28.8 Å². The van der Waals surface area contributed by atoms with Gasteiger partial charge in [0.25, 0.3) is 11.8 Å². The standard InChI is InChI=1S/C28H31N3O5.C27H29N3O5/c1-18(2)17-35-28(34)36-26-23(32)15-29-31-22(16-30(19(3)4)27(33)25(26)31)24(20-11-7-5-8-12-20)21-13-9-6-10-14-21;1-17(2)29-16-21(23(19-11-7-5-8-12-19)20-13-9-6-10-14-20)30-24(26(29)32)25(22(31)15-28-30)35-27(33)34-18(3)4/h5-15,18-19,22,24H,16-17H2,1-4H3;5-15,17-18,21,23H,16H2,1-4H3. The van der Waals surface area contributed by atoms with Gasteiger partial charge in [0.1, 0.15) is 0 Å². The van der Waals surface area contributed by atoms with Gasteiger partial charge in [-0.05, 0) is 69.7 Å². The molecule has 4 heterocycles. The Morgan fingerprint density at radius 3 is 1.17 bits per heavy atom. The number of benzene rings is 4. The molecule has 0 aliphatic carbocycles. The van der Waals surface area contributed by atoms with E-state index >= 15 is 0 Å². The number of amides is 2. The molecule has 2 aromatic heterocycles. The van der Waals surface area contributed by atoms with Crippen LogP contribution in [0.4, 0.5) is 9.59 Å².